The maximum atomic E-state index is 12.0. The molecule has 0 heterocycles. The molecule has 21 heavy (non-hydrogen) atoms. The Morgan fingerprint density at radius 1 is 1.19 bits per heavy atom. The molecule has 0 aliphatic carbocycles. The number of hydrogen-bond donors (Lipinski definition) is 1. The van der Waals surface area contributed by atoms with Crippen molar-refractivity contribution in [1.82, 2.24) is 10.2 Å². The van der Waals surface area contributed by atoms with Gasteiger partial charge in [-0.15, -0.1) is 13.2 Å². The molecule has 1 aromatic rings. The first-order valence-corrected chi connectivity index (χ1v) is 6.95. The third-order valence-corrected chi connectivity index (χ3v) is 3.30. The number of nitrogens with zero attached hydrogens (tertiary/aromatic N) is 1. The highest BCUT2D eigenvalue weighted by atomic mass is 16.5. The van der Waals surface area contributed by atoms with Crippen LogP contribution in [0.1, 0.15) is 16.7 Å². The number of urea groups is 1. The highest BCUT2D eigenvalue weighted by Gasteiger charge is 2.11. The normalized spacial score (nSPS) is 9.86. The topological polar surface area (TPSA) is 41.6 Å². The average molecular weight is 288 g/mol. The van der Waals surface area contributed by atoms with E-state index in [0.29, 0.717) is 13.1 Å². The molecule has 2 amide bonds. The zero-order valence-corrected chi connectivity index (χ0v) is 13.1. The number of rotatable bonds is 7. The van der Waals surface area contributed by atoms with E-state index in [4.69, 9.17) is 4.74 Å². The number of carbonyl (C=O) groups is 1. The van der Waals surface area contributed by atoms with Crippen molar-refractivity contribution in [2.75, 3.05) is 19.8 Å². The molecule has 0 radical (unpaired) electrons. The van der Waals surface area contributed by atoms with E-state index in [1.165, 1.54) is 5.56 Å². The molecule has 0 saturated heterocycles. The van der Waals surface area contributed by atoms with Gasteiger partial charge in [0.05, 0.1) is 0 Å². The largest absolute Gasteiger partial charge is 0.473 e. The Labute approximate surface area is 127 Å². The van der Waals surface area contributed by atoms with Gasteiger partial charge in [0.2, 0.25) is 0 Å². The van der Waals surface area contributed by atoms with Crippen molar-refractivity contribution >= 4 is 6.03 Å². The van der Waals surface area contributed by atoms with Crippen LogP contribution < -0.4 is 10.1 Å². The van der Waals surface area contributed by atoms with E-state index in [0.717, 1.165) is 16.9 Å². The summed E-state index contributed by atoms with van der Waals surface area (Å²) < 4.78 is 5.72. The van der Waals surface area contributed by atoms with Crippen molar-refractivity contribution in [2.24, 2.45) is 0 Å². The molecule has 0 aromatic heterocycles. The summed E-state index contributed by atoms with van der Waals surface area (Å²) in [4.78, 5) is 13.6. The van der Waals surface area contributed by atoms with E-state index in [2.05, 4.69) is 24.5 Å². The highest BCUT2D eigenvalue weighted by molar-refractivity contribution is 5.74. The zero-order valence-electron chi connectivity index (χ0n) is 13.1. The van der Waals surface area contributed by atoms with Gasteiger partial charge < -0.3 is 15.0 Å². The molecule has 1 aromatic carbocycles. The van der Waals surface area contributed by atoms with Gasteiger partial charge >= 0.3 is 6.03 Å². The maximum Gasteiger partial charge on any atom is 0.320 e. The van der Waals surface area contributed by atoms with Gasteiger partial charge in [-0.1, -0.05) is 24.3 Å². The third kappa shape index (κ3) is 4.67. The molecule has 0 fully saturated rings. The second-order valence-corrected chi connectivity index (χ2v) is 4.91. The molecule has 4 nitrogen and oxygen atoms in total. The van der Waals surface area contributed by atoms with E-state index in [1.54, 1.807) is 17.1 Å². The number of amides is 2. The summed E-state index contributed by atoms with van der Waals surface area (Å²) in [5.74, 6) is 0.828. The molecule has 0 aliphatic rings. The van der Waals surface area contributed by atoms with Crippen LogP contribution in [0.15, 0.2) is 37.4 Å². The molecular weight excluding hydrogens is 264 g/mol. The highest BCUT2D eigenvalue weighted by Crippen LogP contribution is 2.25. The Morgan fingerprint density at radius 2 is 1.76 bits per heavy atom. The van der Waals surface area contributed by atoms with E-state index in [9.17, 15) is 4.79 Å². The lowest BCUT2D eigenvalue weighted by molar-refractivity contribution is 0.193. The van der Waals surface area contributed by atoms with Crippen molar-refractivity contribution in [3.63, 3.8) is 0 Å². The minimum Gasteiger partial charge on any atom is -0.473 e. The summed E-state index contributed by atoms with van der Waals surface area (Å²) in [6.45, 7) is 14.4. The van der Waals surface area contributed by atoms with Gasteiger partial charge in [0.1, 0.15) is 5.75 Å². The molecule has 114 valence electrons. The smallest absolute Gasteiger partial charge is 0.320 e. The number of carbonyl (C=O) groups excluding carboxylic acids is 1. The minimum absolute atomic E-state index is 0.134. The fourth-order valence-corrected chi connectivity index (χ4v) is 1.98. The first-order chi connectivity index (χ1) is 10.0. The van der Waals surface area contributed by atoms with Crippen molar-refractivity contribution in [2.45, 2.75) is 20.8 Å². The zero-order chi connectivity index (χ0) is 15.8. The average Bonchev–Trinajstić information content (AvgIpc) is 2.46. The Bertz CT molecular complexity index is 514. The van der Waals surface area contributed by atoms with Gasteiger partial charge in [-0.25, -0.2) is 4.79 Å². The lowest BCUT2D eigenvalue weighted by Gasteiger charge is -2.20. The number of ether oxygens (including phenoxy) is 1. The monoisotopic (exact) mass is 288 g/mol. The summed E-state index contributed by atoms with van der Waals surface area (Å²) >= 11 is 0. The van der Waals surface area contributed by atoms with Gasteiger partial charge in [0, 0.05) is 13.1 Å². The van der Waals surface area contributed by atoms with Crippen LogP contribution in [-0.4, -0.2) is 30.8 Å². The lowest BCUT2D eigenvalue weighted by Crippen LogP contribution is -2.41. The van der Waals surface area contributed by atoms with Crippen LogP contribution in [-0.2, 0) is 0 Å². The van der Waals surface area contributed by atoms with Crippen LogP contribution in [0, 0.1) is 20.8 Å². The maximum absolute atomic E-state index is 12.0. The predicted octanol–water partition coefficient (Wildman–Crippen LogP) is 3.33. The Morgan fingerprint density at radius 3 is 2.33 bits per heavy atom. The van der Waals surface area contributed by atoms with Gasteiger partial charge in [0.15, 0.2) is 6.73 Å². The van der Waals surface area contributed by atoms with E-state index < -0.39 is 0 Å². The number of nitrogens with one attached hydrogen (secondary N) is 1. The van der Waals surface area contributed by atoms with Crippen LogP contribution in [0.25, 0.3) is 0 Å². The first-order valence-electron chi connectivity index (χ1n) is 6.95. The SMILES string of the molecule is C=CCN(CC=C)C(=O)NCOc1c(C)ccc(C)c1C. The predicted molar refractivity (Wildman–Crippen MR) is 86.6 cm³/mol. The summed E-state index contributed by atoms with van der Waals surface area (Å²) in [6.07, 6.45) is 3.36. The van der Waals surface area contributed by atoms with E-state index in [-0.39, 0.29) is 12.8 Å². The molecule has 0 bridgehead atoms. The molecule has 4 heteroatoms. The number of benzene rings is 1. The number of hydrogen-bond acceptors (Lipinski definition) is 2. The molecule has 0 atom stereocenters. The molecular formula is C17H24N2O2. The summed E-state index contributed by atoms with van der Waals surface area (Å²) in [5, 5.41) is 2.74. The Hall–Kier alpha value is -2.23. The second-order valence-electron chi connectivity index (χ2n) is 4.91. The van der Waals surface area contributed by atoms with Gasteiger partial charge in [-0.2, -0.15) is 0 Å². The van der Waals surface area contributed by atoms with Crippen molar-refractivity contribution < 1.29 is 9.53 Å². The lowest BCUT2D eigenvalue weighted by atomic mass is 10.1. The van der Waals surface area contributed by atoms with Crippen LogP contribution in [0.3, 0.4) is 0 Å². The fourth-order valence-electron chi connectivity index (χ4n) is 1.98. The standard InChI is InChI=1S/C17H24N2O2/c1-6-10-19(11-7-2)17(20)18-12-21-16-14(4)9-8-13(3)15(16)5/h6-9H,1-2,10-12H2,3-5H3,(H,18,20). The van der Waals surface area contributed by atoms with Crippen molar-refractivity contribution in [1.29, 1.82) is 0 Å². The molecule has 0 spiro atoms. The summed E-state index contributed by atoms with van der Waals surface area (Å²) in [6, 6.07) is 3.88. The van der Waals surface area contributed by atoms with Crippen molar-refractivity contribution in [3.8, 4) is 5.75 Å². The quantitative estimate of drug-likeness (QED) is 0.617. The van der Waals surface area contributed by atoms with Crippen LogP contribution in [0.4, 0.5) is 4.79 Å². The van der Waals surface area contributed by atoms with Gasteiger partial charge in [-0.05, 0) is 37.5 Å². The molecule has 0 aliphatic heterocycles. The van der Waals surface area contributed by atoms with Gasteiger partial charge in [0.25, 0.3) is 0 Å². The molecule has 1 N–H and O–H groups in total. The van der Waals surface area contributed by atoms with E-state index in [1.807, 2.05) is 26.8 Å². The number of aryl methyl sites for hydroxylation is 2. The Balaban J connectivity index is 2.60. The van der Waals surface area contributed by atoms with E-state index >= 15 is 0 Å². The second kappa shape index (κ2) is 8.15. The van der Waals surface area contributed by atoms with Crippen LogP contribution in [0.2, 0.25) is 0 Å². The Kier molecular flexibility index (Phi) is 6.53. The van der Waals surface area contributed by atoms with Crippen molar-refractivity contribution in [3.05, 3.63) is 54.1 Å². The molecule has 0 saturated carbocycles. The summed E-state index contributed by atoms with van der Waals surface area (Å²) in [7, 11) is 0. The molecule has 0 unspecified atom stereocenters. The van der Waals surface area contributed by atoms with Gasteiger partial charge in [-0.3, -0.25) is 0 Å². The van der Waals surface area contributed by atoms with Crippen LogP contribution >= 0.6 is 0 Å². The molecule has 1 rings (SSSR count). The third-order valence-electron chi connectivity index (χ3n) is 3.30. The minimum atomic E-state index is -0.197. The van der Waals surface area contributed by atoms with Crippen LogP contribution in [0.5, 0.6) is 5.75 Å². The summed E-state index contributed by atoms with van der Waals surface area (Å²) in [5.41, 5.74) is 3.32. The first kappa shape index (κ1) is 16.8. The fraction of sp³-hybridized carbons (Fsp3) is 0.353.